The smallest absolute Gasteiger partial charge is 0.137 e. The normalized spacial score (nSPS) is 10.4. The maximum Gasteiger partial charge on any atom is 0.137 e. The second-order valence-corrected chi connectivity index (χ2v) is 4.58. The van der Waals surface area contributed by atoms with Crippen molar-refractivity contribution in [3.05, 3.63) is 59.9 Å². The average molecular weight is 232 g/mol. The molecule has 2 rings (SSSR count). The molecule has 0 nitrogen and oxygen atoms in total. The van der Waals surface area contributed by atoms with Crippen molar-refractivity contribution in [3.8, 4) is 0 Å². The van der Waals surface area contributed by atoms with E-state index >= 15 is 0 Å². The van der Waals surface area contributed by atoms with Gasteiger partial charge in [0.05, 0.1) is 0 Å². The van der Waals surface area contributed by atoms with Gasteiger partial charge in [0.2, 0.25) is 0 Å². The van der Waals surface area contributed by atoms with Crippen LogP contribution in [0.4, 0.5) is 4.39 Å². The molecule has 16 heavy (non-hydrogen) atoms. The molecule has 0 aliphatic rings. The summed E-state index contributed by atoms with van der Waals surface area (Å²) in [5, 5.41) is 0. The van der Waals surface area contributed by atoms with Crippen LogP contribution < -0.4 is 0 Å². The minimum absolute atomic E-state index is 0.154. The number of hydrogen-bond acceptors (Lipinski definition) is 1. The van der Waals surface area contributed by atoms with E-state index in [0.717, 1.165) is 11.3 Å². The van der Waals surface area contributed by atoms with Gasteiger partial charge in [0, 0.05) is 9.79 Å². The van der Waals surface area contributed by atoms with E-state index in [1.807, 2.05) is 30.3 Å². The van der Waals surface area contributed by atoms with Gasteiger partial charge in [-0.25, -0.2) is 4.39 Å². The second kappa shape index (κ2) is 5.17. The van der Waals surface area contributed by atoms with E-state index in [1.165, 1.54) is 23.4 Å². The zero-order valence-corrected chi connectivity index (χ0v) is 9.93. The number of aryl methyl sites for hydroxylation is 1. The van der Waals surface area contributed by atoms with Crippen molar-refractivity contribution in [1.29, 1.82) is 0 Å². The summed E-state index contributed by atoms with van der Waals surface area (Å²) in [6.45, 7) is 2.11. The summed E-state index contributed by atoms with van der Waals surface area (Å²) in [7, 11) is 0. The zero-order valence-electron chi connectivity index (χ0n) is 9.11. The van der Waals surface area contributed by atoms with Gasteiger partial charge in [-0.1, -0.05) is 49.0 Å². The molecule has 2 aromatic rings. The molecule has 0 amide bonds. The van der Waals surface area contributed by atoms with Crippen molar-refractivity contribution in [2.24, 2.45) is 0 Å². The van der Waals surface area contributed by atoms with Crippen LogP contribution in [0.2, 0.25) is 0 Å². The molecule has 82 valence electrons. The molecular weight excluding hydrogens is 219 g/mol. The molecule has 0 atom stereocenters. The van der Waals surface area contributed by atoms with Crippen LogP contribution in [-0.4, -0.2) is 0 Å². The third-order valence-corrected chi connectivity index (χ3v) is 3.58. The van der Waals surface area contributed by atoms with E-state index in [9.17, 15) is 4.39 Å². The van der Waals surface area contributed by atoms with Crippen molar-refractivity contribution >= 4 is 11.8 Å². The highest BCUT2D eigenvalue weighted by Crippen LogP contribution is 2.32. The fourth-order valence-corrected chi connectivity index (χ4v) is 2.58. The molecule has 0 unspecified atom stereocenters. The third kappa shape index (κ3) is 2.45. The van der Waals surface area contributed by atoms with Crippen LogP contribution in [0.25, 0.3) is 0 Å². The summed E-state index contributed by atoms with van der Waals surface area (Å²) in [6.07, 6.45) is 0.970. The Morgan fingerprint density at radius 1 is 0.938 bits per heavy atom. The summed E-state index contributed by atoms with van der Waals surface area (Å²) in [6, 6.07) is 15.0. The van der Waals surface area contributed by atoms with Crippen molar-refractivity contribution in [2.75, 3.05) is 0 Å². The summed E-state index contributed by atoms with van der Waals surface area (Å²) in [5.74, 6) is -0.154. The molecule has 0 bridgehead atoms. The number of rotatable bonds is 3. The lowest BCUT2D eigenvalue weighted by molar-refractivity contribution is 0.602. The van der Waals surface area contributed by atoms with E-state index in [4.69, 9.17) is 0 Å². The Morgan fingerprint density at radius 2 is 1.56 bits per heavy atom. The summed E-state index contributed by atoms with van der Waals surface area (Å²) in [5.41, 5.74) is 1.26. The first-order valence-corrected chi connectivity index (χ1v) is 6.13. The van der Waals surface area contributed by atoms with Crippen LogP contribution >= 0.6 is 11.8 Å². The highest BCUT2D eigenvalue weighted by Gasteiger charge is 2.05. The molecule has 0 aromatic heterocycles. The fourth-order valence-electron chi connectivity index (χ4n) is 1.54. The van der Waals surface area contributed by atoms with Crippen molar-refractivity contribution in [2.45, 2.75) is 23.1 Å². The van der Waals surface area contributed by atoms with E-state index in [0.29, 0.717) is 4.90 Å². The van der Waals surface area contributed by atoms with Crippen LogP contribution in [0.5, 0.6) is 0 Å². The lowest BCUT2D eigenvalue weighted by Crippen LogP contribution is -1.86. The van der Waals surface area contributed by atoms with Crippen LogP contribution in [0.1, 0.15) is 12.5 Å². The summed E-state index contributed by atoms with van der Waals surface area (Å²) < 4.78 is 13.5. The molecule has 0 spiro atoms. The lowest BCUT2D eigenvalue weighted by atomic mass is 10.2. The Kier molecular flexibility index (Phi) is 3.62. The highest BCUT2D eigenvalue weighted by molar-refractivity contribution is 7.99. The average Bonchev–Trinajstić information content (AvgIpc) is 2.33. The molecule has 2 aromatic carbocycles. The quantitative estimate of drug-likeness (QED) is 0.748. The largest absolute Gasteiger partial charge is 0.206 e. The fraction of sp³-hybridized carbons (Fsp3) is 0.143. The first-order valence-electron chi connectivity index (χ1n) is 5.31. The molecule has 0 N–H and O–H groups in total. The molecule has 0 aliphatic carbocycles. The minimum atomic E-state index is -0.154. The second-order valence-electron chi connectivity index (χ2n) is 3.49. The van der Waals surface area contributed by atoms with Crippen LogP contribution in [0.3, 0.4) is 0 Å². The Morgan fingerprint density at radius 3 is 2.25 bits per heavy atom. The zero-order chi connectivity index (χ0) is 11.4. The summed E-state index contributed by atoms with van der Waals surface area (Å²) in [4.78, 5) is 1.82. The van der Waals surface area contributed by atoms with E-state index < -0.39 is 0 Å². The van der Waals surface area contributed by atoms with Gasteiger partial charge in [-0.15, -0.1) is 0 Å². The molecule has 0 saturated heterocycles. The van der Waals surface area contributed by atoms with Crippen molar-refractivity contribution in [1.82, 2.24) is 0 Å². The van der Waals surface area contributed by atoms with Gasteiger partial charge in [0.1, 0.15) is 5.82 Å². The molecule has 0 radical (unpaired) electrons. The number of benzene rings is 2. The van der Waals surface area contributed by atoms with Crippen LogP contribution in [0.15, 0.2) is 58.3 Å². The van der Waals surface area contributed by atoms with Gasteiger partial charge >= 0.3 is 0 Å². The SMILES string of the molecule is CCc1ccccc1Sc1ccccc1F. The van der Waals surface area contributed by atoms with Gasteiger partial charge in [0.25, 0.3) is 0 Å². The van der Waals surface area contributed by atoms with Gasteiger partial charge in [-0.3, -0.25) is 0 Å². The van der Waals surface area contributed by atoms with Crippen molar-refractivity contribution < 1.29 is 4.39 Å². The van der Waals surface area contributed by atoms with E-state index in [-0.39, 0.29) is 5.82 Å². The number of hydrogen-bond donors (Lipinski definition) is 0. The predicted octanol–water partition coefficient (Wildman–Crippen LogP) is 4.54. The maximum absolute atomic E-state index is 13.5. The van der Waals surface area contributed by atoms with Gasteiger partial charge in [-0.05, 0) is 30.2 Å². The van der Waals surface area contributed by atoms with Crippen molar-refractivity contribution in [3.63, 3.8) is 0 Å². The van der Waals surface area contributed by atoms with E-state index in [1.54, 1.807) is 6.07 Å². The molecule has 0 aliphatic heterocycles. The third-order valence-electron chi connectivity index (χ3n) is 2.41. The monoisotopic (exact) mass is 232 g/mol. The molecule has 0 heterocycles. The minimum Gasteiger partial charge on any atom is -0.206 e. The highest BCUT2D eigenvalue weighted by atomic mass is 32.2. The number of halogens is 1. The Labute approximate surface area is 99.5 Å². The van der Waals surface area contributed by atoms with E-state index in [2.05, 4.69) is 13.0 Å². The Hall–Kier alpha value is -1.28. The maximum atomic E-state index is 13.5. The van der Waals surface area contributed by atoms with Gasteiger partial charge in [0.15, 0.2) is 0 Å². The van der Waals surface area contributed by atoms with Crippen LogP contribution in [0, 0.1) is 5.82 Å². The molecule has 0 saturated carbocycles. The van der Waals surface area contributed by atoms with Crippen LogP contribution in [-0.2, 0) is 6.42 Å². The molecule has 2 heteroatoms. The first kappa shape index (κ1) is 11.2. The van der Waals surface area contributed by atoms with Gasteiger partial charge < -0.3 is 0 Å². The standard InChI is InChI=1S/C14H13FS/c1-2-11-7-3-5-9-13(11)16-14-10-6-4-8-12(14)15/h3-10H,2H2,1H3. The Balaban J connectivity index is 2.30. The summed E-state index contributed by atoms with van der Waals surface area (Å²) >= 11 is 1.49. The Bertz CT molecular complexity index is 480. The topological polar surface area (TPSA) is 0 Å². The lowest BCUT2D eigenvalue weighted by Gasteiger charge is -2.07. The predicted molar refractivity (Wildman–Crippen MR) is 66.3 cm³/mol. The molecule has 0 fully saturated rings. The first-order chi connectivity index (χ1) is 7.81. The van der Waals surface area contributed by atoms with Gasteiger partial charge in [-0.2, -0.15) is 0 Å². The molecular formula is C14H13FS.